The number of unbranched alkanes of at least 4 members (excludes halogenated alkanes) is 3. The van der Waals surface area contributed by atoms with E-state index in [9.17, 15) is 29.7 Å². The Balaban J connectivity index is -0.000000607. The average Bonchev–Trinajstić information content (AvgIpc) is 4.03. The third-order valence-corrected chi connectivity index (χ3v) is 7.73. The van der Waals surface area contributed by atoms with Gasteiger partial charge in [0.2, 0.25) is 0 Å². The molecule has 0 spiro atoms. The molecule has 0 fully saturated rings. The van der Waals surface area contributed by atoms with Crippen LogP contribution < -0.4 is 15.3 Å². The molecule has 0 bridgehead atoms. The molecule has 9 heteroatoms. The first kappa shape index (κ1) is 58.5. The third-order valence-electron chi connectivity index (χ3n) is 7.73. The van der Waals surface area contributed by atoms with Gasteiger partial charge in [0.05, 0.1) is 17.9 Å². The minimum atomic E-state index is -1.13. The van der Waals surface area contributed by atoms with Gasteiger partial charge in [-0.3, -0.25) is 18.2 Å². The summed E-state index contributed by atoms with van der Waals surface area (Å²) < 4.78 is 0. The summed E-state index contributed by atoms with van der Waals surface area (Å²) in [5.41, 5.74) is 4.90. The van der Waals surface area contributed by atoms with Crippen molar-refractivity contribution >= 4 is 17.9 Å². The number of benzene rings is 3. The van der Waals surface area contributed by atoms with E-state index in [-0.39, 0.29) is 95.3 Å². The van der Waals surface area contributed by atoms with E-state index in [1.54, 1.807) is 54.6 Å². The first-order valence-electron chi connectivity index (χ1n) is 18.8. The van der Waals surface area contributed by atoms with Crippen LogP contribution in [-0.2, 0) is 78.6 Å². The zero-order valence-electron chi connectivity index (χ0n) is 33.6. The monoisotopic (exact) mass is 996 g/mol. The molecule has 3 aromatic rings. The number of carboxylic acid groups (broad SMARTS) is 3. The summed E-state index contributed by atoms with van der Waals surface area (Å²) in [6.07, 6.45) is 37.6. The molecule has 57 heavy (non-hydrogen) atoms. The average molecular weight is 1000 g/mol. The van der Waals surface area contributed by atoms with Crippen molar-refractivity contribution in [2.24, 2.45) is 0 Å². The van der Waals surface area contributed by atoms with Gasteiger partial charge in [0.15, 0.2) is 0 Å². The fraction of sp³-hybridized carbons (Fsp3) is 0.312. The number of carboxylic acids is 3. The maximum absolute atomic E-state index is 10.1. The second-order valence-corrected chi connectivity index (χ2v) is 12.2. The number of rotatable bonds is 12. The number of allylic oxidation sites excluding steroid dienone is 12. The number of hydrogen-bond acceptors (Lipinski definition) is 6. The van der Waals surface area contributed by atoms with Crippen LogP contribution in [0.25, 0.3) is 0 Å². The van der Waals surface area contributed by atoms with Crippen LogP contribution >= 0.6 is 0 Å². The van der Waals surface area contributed by atoms with E-state index in [1.165, 1.54) is 111 Å². The number of carbonyl (C=O) groups excluding carboxylic acids is 3. The molecule has 0 unspecified atom stereocenters. The molecule has 6 rings (SSSR count). The van der Waals surface area contributed by atoms with Crippen molar-refractivity contribution < 1.29 is 108 Å². The summed E-state index contributed by atoms with van der Waals surface area (Å²) in [5, 5.41) is 30.3. The molecule has 294 valence electrons. The molecular weight excluding hydrogens is 946 g/mol. The van der Waals surface area contributed by atoms with Crippen LogP contribution in [0.15, 0.2) is 144 Å². The molecule has 0 radical (unpaired) electrons. The van der Waals surface area contributed by atoms with Gasteiger partial charge in [0.1, 0.15) is 0 Å². The van der Waals surface area contributed by atoms with Crippen LogP contribution in [0.1, 0.15) is 129 Å². The van der Waals surface area contributed by atoms with Crippen molar-refractivity contribution in [1.29, 1.82) is 0 Å². The Labute approximate surface area is 399 Å². The molecule has 0 amide bonds. The first-order chi connectivity index (χ1) is 26.2. The van der Waals surface area contributed by atoms with Crippen LogP contribution in [0.3, 0.4) is 0 Å². The smallest absolute Gasteiger partial charge is 0.545 e. The van der Waals surface area contributed by atoms with Crippen molar-refractivity contribution in [1.82, 2.24) is 0 Å². The molecule has 6 nitrogen and oxygen atoms in total. The third kappa shape index (κ3) is 31.8. The summed E-state index contributed by atoms with van der Waals surface area (Å²) in [7, 11) is 0. The standard InChI is InChI=1S/3C9H13.3C7H6O2.3Zr/c3*1-2-3-6-9-7-4-5-8-9;3*8-7(9)6-4-2-1-3-5-6;;;/h3*4,7H,2-3,5-6H2,1H3;3*1-5H,(H,8,9);;;/q3*-1;;;;3*+2/p-3. The molecule has 0 heterocycles. The number of carbonyl (C=O) groups is 3. The maximum Gasteiger partial charge on any atom is 2.00 e. The zero-order valence-corrected chi connectivity index (χ0v) is 40.9. The Morgan fingerprint density at radius 1 is 0.439 bits per heavy atom. The predicted octanol–water partition coefficient (Wildman–Crippen LogP) is 8.74. The maximum atomic E-state index is 10.1. The van der Waals surface area contributed by atoms with Gasteiger partial charge >= 0.3 is 78.6 Å². The molecule has 0 aromatic heterocycles. The van der Waals surface area contributed by atoms with E-state index in [0.717, 1.165) is 19.3 Å². The van der Waals surface area contributed by atoms with Gasteiger partial charge in [-0.1, -0.05) is 170 Å². The molecular formula is C48H54O6Zr3. The molecule has 3 aliphatic carbocycles. The molecule has 0 saturated heterocycles. The summed E-state index contributed by atoms with van der Waals surface area (Å²) in [4.78, 5) is 30.3. The SMILES string of the molecule is CCCCC1=[C-]CC=C1.CCCCC1=[C-]CC=C1.CCCCC1=[C-]CC=C1.O=C([O-])c1ccccc1.O=C([O-])c1ccccc1.O=C([O-])c1ccccc1.[Zr+2].[Zr+2].[Zr+2]. The van der Waals surface area contributed by atoms with Crippen LogP contribution in [0, 0.1) is 18.2 Å². The summed E-state index contributed by atoms with van der Waals surface area (Å²) in [6, 6.07) is 24.2. The number of aromatic carboxylic acids is 3. The topological polar surface area (TPSA) is 120 Å². The minimum absolute atomic E-state index is 0. The molecule has 0 N–H and O–H groups in total. The van der Waals surface area contributed by atoms with E-state index in [0.29, 0.717) is 0 Å². The van der Waals surface area contributed by atoms with Gasteiger partial charge in [0.25, 0.3) is 0 Å². The first-order valence-corrected chi connectivity index (χ1v) is 18.8. The molecule has 0 saturated carbocycles. The quantitative estimate of drug-likeness (QED) is 0.168. The van der Waals surface area contributed by atoms with E-state index in [2.05, 4.69) is 75.5 Å². The van der Waals surface area contributed by atoms with E-state index >= 15 is 0 Å². The number of hydrogen-bond donors (Lipinski definition) is 0. The van der Waals surface area contributed by atoms with Gasteiger partial charge in [-0.2, -0.15) is 18.2 Å². The largest absolute Gasteiger partial charge is 2.00 e. The Hall–Kier alpha value is -2.84. The van der Waals surface area contributed by atoms with Gasteiger partial charge in [0, 0.05) is 0 Å². The Morgan fingerprint density at radius 3 is 0.807 bits per heavy atom. The van der Waals surface area contributed by atoms with Gasteiger partial charge in [-0.25, -0.2) is 34.9 Å². The van der Waals surface area contributed by atoms with Gasteiger partial charge < -0.3 is 29.7 Å². The Bertz CT molecular complexity index is 1460. The molecule has 3 aromatic carbocycles. The Morgan fingerprint density at radius 2 is 0.667 bits per heavy atom. The second-order valence-electron chi connectivity index (χ2n) is 12.2. The van der Waals surface area contributed by atoms with E-state index in [1.807, 2.05) is 0 Å². The predicted molar refractivity (Wildman–Crippen MR) is 212 cm³/mol. The van der Waals surface area contributed by atoms with Crippen LogP contribution in [0.4, 0.5) is 0 Å². The fourth-order valence-electron chi connectivity index (χ4n) is 4.69. The summed E-state index contributed by atoms with van der Waals surface area (Å²) >= 11 is 0. The van der Waals surface area contributed by atoms with Crippen molar-refractivity contribution in [3.63, 3.8) is 0 Å². The summed E-state index contributed by atoms with van der Waals surface area (Å²) in [5.74, 6) is -3.39. The van der Waals surface area contributed by atoms with Gasteiger partial charge in [-0.05, 0) is 16.7 Å². The van der Waals surface area contributed by atoms with Crippen molar-refractivity contribution in [3.8, 4) is 0 Å². The second kappa shape index (κ2) is 40.0. The molecule has 0 aliphatic heterocycles. The van der Waals surface area contributed by atoms with E-state index < -0.39 is 17.9 Å². The van der Waals surface area contributed by atoms with Crippen molar-refractivity contribution in [2.45, 2.75) is 97.8 Å². The van der Waals surface area contributed by atoms with Crippen molar-refractivity contribution in [3.05, 3.63) is 179 Å². The summed E-state index contributed by atoms with van der Waals surface area (Å²) in [6.45, 7) is 6.66. The minimum Gasteiger partial charge on any atom is -0.545 e. The van der Waals surface area contributed by atoms with Crippen LogP contribution in [0.5, 0.6) is 0 Å². The van der Waals surface area contributed by atoms with Gasteiger partial charge in [-0.15, -0.1) is 19.3 Å². The van der Waals surface area contributed by atoms with E-state index in [4.69, 9.17) is 0 Å². The zero-order chi connectivity index (χ0) is 39.7. The Kier molecular flexibility index (Phi) is 41.0. The van der Waals surface area contributed by atoms with Crippen LogP contribution in [0.2, 0.25) is 0 Å². The fourth-order valence-corrected chi connectivity index (χ4v) is 4.69. The van der Waals surface area contributed by atoms with Crippen LogP contribution in [-0.4, -0.2) is 17.9 Å². The normalized spacial score (nSPS) is 11.9. The van der Waals surface area contributed by atoms with Crippen molar-refractivity contribution in [2.75, 3.05) is 0 Å². The molecule has 0 atom stereocenters. The molecule has 3 aliphatic rings.